The average molecular weight is 707 g/mol. The van der Waals surface area contributed by atoms with Crippen LogP contribution in [0.25, 0.3) is 0 Å². The van der Waals surface area contributed by atoms with Gasteiger partial charge in [0.25, 0.3) is 11.8 Å². The van der Waals surface area contributed by atoms with E-state index < -0.39 is 90.8 Å². The maximum atomic E-state index is 13.4. The fraction of sp³-hybridized carbons (Fsp3) is 0.400. The Kier molecular flexibility index (Phi) is 11.6. The Morgan fingerprint density at radius 2 is 1.54 bits per heavy atom. The average Bonchev–Trinajstić information content (AvgIpc) is 3.08. The predicted octanol–water partition coefficient (Wildman–Crippen LogP) is -3.60. The van der Waals surface area contributed by atoms with Crippen molar-refractivity contribution in [1.29, 1.82) is 0 Å². The van der Waals surface area contributed by atoms with E-state index in [2.05, 4.69) is 10.6 Å². The zero-order valence-electron chi connectivity index (χ0n) is 25.8. The topological polar surface area (TPSA) is 325 Å². The Labute approximate surface area is 281 Å². The van der Waals surface area contributed by atoms with Gasteiger partial charge < -0.3 is 71.2 Å². The van der Waals surface area contributed by atoms with E-state index in [0.717, 1.165) is 4.90 Å². The molecule has 2 aromatic carbocycles. The van der Waals surface area contributed by atoms with E-state index in [1.807, 2.05) is 0 Å². The van der Waals surface area contributed by atoms with E-state index >= 15 is 0 Å². The van der Waals surface area contributed by atoms with Crippen molar-refractivity contribution in [3.63, 3.8) is 0 Å². The molecule has 0 bridgehead atoms. The summed E-state index contributed by atoms with van der Waals surface area (Å²) in [7, 11) is 0. The second-order valence-corrected chi connectivity index (χ2v) is 11.3. The largest absolute Gasteiger partial charge is 0.494 e. The summed E-state index contributed by atoms with van der Waals surface area (Å²) in [6.07, 6.45) is -11.1. The summed E-state index contributed by atoms with van der Waals surface area (Å²) in [5.41, 5.74) is 3.38. The molecule has 2 saturated heterocycles. The highest BCUT2D eigenvalue weighted by Gasteiger charge is 2.57. The summed E-state index contributed by atoms with van der Waals surface area (Å²) in [5.74, 6) is -6.26. The lowest BCUT2D eigenvalue weighted by atomic mass is 9.92. The molecule has 50 heavy (non-hydrogen) atoms. The van der Waals surface area contributed by atoms with E-state index in [1.54, 1.807) is 0 Å². The Balaban J connectivity index is 1.41. The van der Waals surface area contributed by atoms with Gasteiger partial charge in [-0.1, -0.05) is 24.3 Å². The third-order valence-corrected chi connectivity index (χ3v) is 7.94. The van der Waals surface area contributed by atoms with Crippen molar-refractivity contribution in [3.8, 4) is 11.5 Å². The van der Waals surface area contributed by atoms with Crippen molar-refractivity contribution < 1.29 is 78.7 Å². The summed E-state index contributed by atoms with van der Waals surface area (Å²) in [4.78, 5) is 73.0. The van der Waals surface area contributed by atoms with Gasteiger partial charge in [-0.15, -0.1) is 0 Å². The molecule has 0 radical (unpaired) electrons. The number of carbonyl (C=O) groups is 6. The quantitative estimate of drug-likeness (QED) is 0.0458. The zero-order valence-corrected chi connectivity index (χ0v) is 25.8. The molecule has 0 spiro atoms. The summed E-state index contributed by atoms with van der Waals surface area (Å²) >= 11 is 0. The summed E-state index contributed by atoms with van der Waals surface area (Å²) in [6.45, 7) is -0.558. The van der Waals surface area contributed by atoms with Gasteiger partial charge in [-0.25, -0.2) is 9.59 Å². The van der Waals surface area contributed by atoms with Crippen molar-refractivity contribution in [2.75, 3.05) is 13.2 Å². The minimum atomic E-state index is -2.11. The molecule has 20 nitrogen and oxygen atoms in total. The number of carboxylic acids is 3. The number of amides is 3. The lowest BCUT2D eigenvalue weighted by Crippen LogP contribution is -2.81. The van der Waals surface area contributed by atoms with Crippen molar-refractivity contribution >= 4 is 36.1 Å². The smallest absolute Gasteiger partial charge is 0.335 e. The SMILES string of the molecule is N[C@H](CCOc1ccc([C@@H](O)C(=O)N[C@@]2(NC=O)CN([C@@H](C(=O)O)c3ccc(O[C@@H]4O[C@H](C(=O)O)[C@@H](O)[C@H](O)[C@H]4O)cc3)C2=O)cc1)C(=O)O. The number of hydrogen-bond donors (Lipinski definition) is 10. The minimum absolute atomic E-state index is 0.0143. The van der Waals surface area contributed by atoms with Crippen LogP contribution in [0.3, 0.4) is 0 Å². The van der Waals surface area contributed by atoms with E-state index in [0.29, 0.717) is 0 Å². The van der Waals surface area contributed by atoms with Gasteiger partial charge >= 0.3 is 17.9 Å². The number of aliphatic hydroxyl groups excluding tert-OH is 4. The lowest BCUT2D eigenvalue weighted by Gasteiger charge is -2.50. The Hall–Kier alpha value is -5.38. The van der Waals surface area contributed by atoms with Gasteiger partial charge in [0.2, 0.25) is 18.4 Å². The molecule has 2 aliphatic heterocycles. The second-order valence-electron chi connectivity index (χ2n) is 11.3. The fourth-order valence-corrected chi connectivity index (χ4v) is 5.17. The van der Waals surface area contributed by atoms with Gasteiger partial charge in [0, 0.05) is 6.42 Å². The van der Waals surface area contributed by atoms with Crippen molar-refractivity contribution in [3.05, 3.63) is 59.7 Å². The molecule has 20 heteroatoms. The number of carbonyl (C=O) groups excluding carboxylic acids is 3. The molecule has 4 rings (SSSR count). The molecule has 270 valence electrons. The molecule has 2 aromatic rings. The first kappa shape index (κ1) is 37.4. The number of nitrogens with two attached hydrogens (primary N) is 1. The minimum Gasteiger partial charge on any atom is -0.494 e. The van der Waals surface area contributed by atoms with E-state index in [1.165, 1.54) is 48.5 Å². The molecule has 2 aliphatic rings. The van der Waals surface area contributed by atoms with Gasteiger partial charge in [0.15, 0.2) is 18.2 Å². The number of likely N-dealkylation sites (tertiary alicyclic amines) is 1. The van der Waals surface area contributed by atoms with Gasteiger partial charge in [-0.2, -0.15) is 0 Å². The van der Waals surface area contributed by atoms with E-state index in [9.17, 15) is 59.4 Å². The van der Waals surface area contributed by atoms with Crippen LogP contribution in [0.5, 0.6) is 11.5 Å². The molecule has 3 amide bonds. The van der Waals surface area contributed by atoms with Gasteiger partial charge in [-0.3, -0.25) is 19.2 Å². The van der Waals surface area contributed by atoms with Crippen LogP contribution in [0.1, 0.15) is 29.7 Å². The van der Waals surface area contributed by atoms with Crippen LogP contribution in [0, 0.1) is 0 Å². The first-order valence-corrected chi connectivity index (χ1v) is 14.8. The number of rotatable bonds is 16. The summed E-state index contributed by atoms with van der Waals surface area (Å²) < 4.78 is 15.9. The predicted molar refractivity (Wildman–Crippen MR) is 161 cm³/mol. The zero-order chi connectivity index (χ0) is 36.9. The number of hydrogen-bond acceptors (Lipinski definition) is 14. The monoisotopic (exact) mass is 706 g/mol. The standard InChI is InChI=1S/C30H34N4O16/c31-17(25(41)42)9-10-48-15-5-3-14(4-6-15)19(36)24(40)33-30(32-12-35)11-34(29(30)47)18(26(43)44)13-1-7-16(8-2-13)49-28-22(39)20(37)21(38)23(50-28)27(45)46/h1-8,12,17-23,28,36-39H,9-11,31H2,(H,32,35)(H,33,40)(H,41,42)(H,43,44)(H,45,46)/t17-,18-,19-,20+,21+,22-,23+,28-,30+/m1/s1. The molecular formula is C30H34N4O16. The first-order chi connectivity index (χ1) is 23.6. The second kappa shape index (κ2) is 15.4. The number of ether oxygens (including phenoxy) is 3. The molecular weight excluding hydrogens is 672 g/mol. The number of nitrogens with zero attached hydrogens (tertiary/aromatic N) is 1. The van der Waals surface area contributed by atoms with Gasteiger partial charge in [-0.05, 0) is 35.4 Å². The highest BCUT2D eigenvalue weighted by molar-refractivity contribution is 6.00. The van der Waals surface area contributed by atoms with Crippen LogP contribution < -0.4 is 25.8 Å². The summed E-state index contributed by atoms with van der Waals surface area (Å²) in [6, 6.07) is 7.53. The first-order valence-electron chi connectivity index (χ1n) is 14.8. The number of nitrogens with one attached hydrogen (secondary N) is 2. The molecule has 0 saturated carbocycles. The Morgan fingerprint density at radius 1 is 0.940 bits per heavy atom. The van der Waals surface area contributed by atoms with Crippen molar-refractivity contribution in [2.24, 2.45) is 5.73 Å². The Bertz CT molecular complexity index is 1590. The lowest BCUT2D eigenvalue weighted by molar-refractivity contribution is -0.271. The number of aliphatic hydroxyl groups is 4. The van der Waals surface area contributed by atoms with Crippen LogP contribution >= 0.6 is 0 Å². The number of β-lactam (4-membered cyclic amide) rings is 1. The highest BCUT2D eigenvalue weighted by Crippen LogP contribution is 2.34. The van der Waals surface area contributed by atoms with Crippen LogP contribution in [0.4, 0.5) is 0 Å². The van der Waals surface area contributed by atoms with Crippen LogP contribution in [0.2, 0.25) is 0 Å². The molecule has 0 unspecified atom stereocenters. The van der Waals surface area contributed by atoms with Crippen LogP contribution in [0.15, 0.2) is 48.5 Å². The van der Waals surface area contributed by atoms with E-state index in [4.69, 9.17) is 25.1 Å². The number of carboxylic acid groups (broad SMARTS) is 3. The fourth-order valence-electron chi connectivity index (χ4n) is 5.17. The van der Waals surface area contributed by atoms with Crippen molar-refractivity contribution in [1.82, 2.24) is 15.5 Å². The molecule has 9 atom stereocenters. The maximum Gasteiger partial charge on any atom is 0.335 e. The molecule has 0 aromatic heterocycles. The van der Waals surface area contributed by atoms with Gasteiger partial charge in [0.05, 0.1) is 13.2 Å². The molecule has 11 N–H and O–H groups in total. The molecule has 2 fully saturated rings. The summed E-state index contributed by atoms with van der Waals surface area (Å²) in [5, 5.41) is 73.1. The van der Waals surface area contributed by atoms with E-state index in [-0.39, 0.29) is 42.1 Å². The van der Waals surface area contributed by atoms with Gasteiger partial charge in [0.1, 0.15) is 35.9 Å². The maximum absolute atomic E-state index is 13.4. The normalized spacial score (nSPS) is 26.4. The number of aliphatic carboxylic acids is 3. The third-order valence-electron chi connectivity index (χ3n) is 7.94. The third kappa shape index (κ3) is 7.91. The molecule has 0 aliphatic carbocycles. The Morgan fingerprint density at radius 3 is 2.08 bits per heavy atom. The van der Waals surface area contributed by atoms with Crippen LogP contribution in [-0.2, 0) is 33.5 Å². The molecule has 2 heterocycles. The van der Waals surface area contributed by atoms with Crippen LogP contribution in [-0.4, -0.2) is 132 Å². The highest BCUT2D eigenvalue weighted by atomic mass is 16.7. The van der Waals surface area contributed by atoms with Crippen molar-refractivity contribution in [2.45, 2.75) is 61.0 Å². The number of benzene rings is 2.